The van der Waals surface area contributed by atoms with Crippen molar-refractivity contribution in [2.45, 2.75) is 4.34 Å². The minimum absolute atomic E-state index is 0.0363. The van der Waals surface area contributed by atoms with Crippen LogP contribution in [-0.4, -0.2) is 23.0 Å². The van der Waals surface area contributed by atoms with Crippen LogP contribution in [0.3, 0.4) is 0 Å². The average Bonchev–Trinajstić information content (AvgIpc) is 2.95. The molecule has 0 spiro atoms. The van der Waals surface area contributed by atoms with Gasteiger partial charge in [0.2, 0.25) is 9.30 Å². The molecule has 3 aromatic rings. The second-order valence-corrected chi connectivity index (χ2v) is 6.01. The normalized spacial score (nSPS) is 11.6. The first-order chi connectivity index (χ1) is 8.16. The molecule has 0 amide bonds. The molecule has 0 N–H and O–H groups in total. The summed E-state index contributed by atoms with van der Waals surface area (Å²) in [7, 11) is -2.68. The molecule has 3 aromatic heterocycles. The van der Waals surface area contributed by atoms with E-state index in [1.165, 1.54) is 4.52 Å². The van der Waals surface area contributed by atoms with Crippen molar-refractivity contribution in [1.29, 1.82) is 0 Å². The molecular weight excluding hydrogens is 330 g/mol. The molecule has 0 atom stereocenters. The van der Waals surface area contributed by atoms with Gasteiger partial charge in [0, 0.05) is 0 Å². The summed E-state index contributed by atoms with van der Waals surface area (Å²) in [5.41, 5.74) is 0.599. The van der Waals surface area contributed by atoms with Gasteiger partial charge in [0.05, 0.1) is 6.26 Å². The predicted molar refractivity (Wildman–Crippen MR) is 64.8 cm³/mol. The van der Waals surface area contributed by atoms with Crippen LogP contribution in [0.15, 0.2) is 31.8 Å². The summed E-state index contributed by atoms with van der Waals surface area (Å²) in [6, 6.07) is 3.52. The minimum atomic E-state index is -2.68. The number of halogens is 1. The second-order valence-electron chi connectivity index (χ2n) is 3.06. The Bertz CT molecular complexity index is 749. The number of imidazole rings is 1. The summed E-state index contributed by atoms with van der Waals surface area (Å²) < 4.78 is 28.9. The van der Waals surface area contributed by atoms with Crippen LogP contribution in [0, 0.1) is 0 Å². The van der Waals surface area contributed by atoms with E-state index in [0.717, 1.165) is 11.3 Å². The van der Waals surface area contributed by atoms with Crippen LogP contribution in [0.1, 0.15) is 0 Å². The molecule has 0 radical (unpaired) electrons. The number of hydrogen-bond acceptors (Lipinski definition) is 6. The molecule has 0 unspecified atom stereocenters. The van der Waals surface area contributed by atoms with Crippen molar-refractivity contribution in [1.82, 2.24) is 14.6 Å². The Hall–Kier alpha value is -1.19. The van der Waals surface area contributed by atoms with Gasteiger partial charge >= 0.3 is 0 Å². The Kier molecular flexibility index (Phi) is 2.53. The topological polar surface area (TPSA) is 77.5 Å². The van der Waals surface area contributed by atoms with Crippen LogP contribution < -0.4 is 0 Å². The number of rotatable bonds is 2. The van der Waals surface area contributed by atoms with Crippen molar-refractivity contribution in [3.05, 3.63) is 23.0 Å². The van der Waals surface area contributed by atoms with Gasteiger partial charge in [-0.1, -0.05) is 11.3 Å². The zero-order valence-electron chi connectivity index (χ0n) is 8.03. The predicted octanol–water partition coefficient (Wildman–Crippen LogP) is 1.78. The Morgan fingerprint density at radius 1 is 1.47 bits per heavy atom. The van der Waals surface area contributed by atoms with Crippen LogP contribution in [0.25, 0.3) is 16.4 Å². The maximum absolute atomic E-state index is 10.8. The first kappa shape index (κ1) is 10.9. The molecule has 3 rings (SSSR count). The SMILES string of the molecule is O=[SH](=O)c1nn2c(Br)c(-c3ccco3)nc2s1. The van der Waals surface area contributed by atoms with Gasteiger partial charge in [0.15, 0.2) is 16.5 Å². The van der Waals surface area contributed by atoms with Gasteiger partial charge in [-0.05, 0) is 28.1 Å². The smallest absolute Gasteiger partial charge is 0.229 e. The third kappa shape index (κ3) is 1.70. The van der Waals surface area contributed by atoms with E-state index in [4.69, 9.17) is 4.42 Å². The van der Waals surface area contributed by atoms with Crippen LogP contribution in [-0.2, 0) is 10.7 Å². The molecule has 9 heteroatoms. The zero-order chi connectivity index (χ0) is 12.0. The van der Waals surface area contributed by atoms with E-state index in [0.29, 0.717) is 21.0 Å². The molecule has 0 aliphatic carbocycles. The fourth-order valence-corrected chi connectivity index (χ4v) is 3.35. The number of furan rings is 1. The first-order valence-electron chi connectivity index (χ1n) is 4.40. The number of thiol groups is 1. The lowest BCUT2D eigenvalue weighted by atomic mass is 10.4. The quantitative estimate of drug-likeness (QED) is 0.723. The van der Waals surface area contributed by atoms with Crippen molar-refractivity contribution < 1.29 is 12.8 Å². The van der Waals surface area contributed by atoms with Crippen molar-refractivity contribution in [3.63, 3.8) is 0 Å². The lowest BCUT2D eigenvalue weighted by Crippen LogP contribution is -1.86. The van der Waals surface area contributed by atoms with Gasteiger partial charge in [-0.15, -0.1) is 5.10 Å². The molecule has 3 heterocycles. The molecule has 0 aromatic carbocycles. The summed E-state index contributed by atoms with van der Waals surface area (Å²) in [6.45, 7) is 0. The van der Waals surface area contributed by atoms with Gasteiger partial charge in [-0.25, -0.2) is 13.4 Å². The third-order valence-corrected chi connectivity index (χ3v) is 4.59. The highest BCUT2D eigenvalue weighted by atomic mass is 79.9. The minimum Gasteiger partial charge on any atom is -0.463 e. The summed E-state index contributed by atoms with van der Waals surface area (Å²) in [5.74, 6) is 0.600. The van der Waals surface area contributed by atoms with Gasteiger partial charge in [0.1, 0.15) is 10.3 Å². The monoisotopic (exact) mass is 333 g/mol. The largest absolute Gasteiger partial charge is 0.463 e. The van der Waals surface area contributed by atoms with Gasteiger partial charge in [-0.2, -0.15) is 4.52 Å². The van der Waals surface area contributed by atoms with Crippen LogP contribution in [0.2, 0.25) is 0 Å². The molecule has 6 nitrogen and oxygen atoms in total. The van der Waals surface area contributed by atoms with Gasteiger partial charge in [-0.3, -0.25) is 0 Å². The average molecular weight is 334 g/mol. The Balaban J connectivity index is 2.24. The van der Waals surface area contributed by atoms with E-state index in [1.807, 2.05) is 0 Å². The third-order valence-electron chi connectivity index (χ3n) is 2.05. The molecule has 0 aliphatic rings. The molecule has 17 heavy (non-hydrogen) atoms. The number of aromatic nitrogens is 3. The number of nitrogens with zero attached hydrogens (tertiary/aromatic N) is 3. The van der Waals surface area contributed by atoms with E-state index in [9.17, 15) is 8.42 Å². The highest BCUT2D eigenvalue weighted by Crippen LogP contribution is 2.31. The highest BCUT2D eigenvalue weighted by Gasteiger charge is 2.18. The molecule has 0 aliphatic heterocycles. The molecule has 0 saturated carbocycles. The number of fused-ring (bicyclic) bond motifs is 1. The van der Waals surface area contributed by atoms with Gasteiger partial charge < -0.3 is 4.42 Å². The molecule has 0 fully saturated rings. The summed E-state index contributed by atoms with van der Waals surface area (Å²) in [4.78, 5) is 4.77. The van der Waals surface area contributed by atoms with Gasteiger partial charge in [0.25, 0.3) is 0 Å². The maximum Gasteiger partial charge on any atom is 0.229 e. The second kappa shape index (κ2) is 3.93. The summed E-state index contributed by atoms with van der Waals surface area (Å²) in [5, 5.41) is 3.93. The van der Waals surface area contributed by atoms with E-state index < -0.39 is 10.7 Å². The van der Waals surface area contributed by atoms with Crippen LogP contribution in [0.4, 0.5) is 0 Å². The van der Waals surface area contributed by atoms with Crippen LogP contribution in [0.5, 0.6) is 0 Å². The van der Waals surface area contributed by atoms with Crippen molar-refractivity contribution in [3.8, 4) is 11.5 Å². The Labute approximate surface area is 109 Å². The first-order valence-corrected chi connectivity index (χ1v) is 7.19. The molecule has 0 bridgehead atoms. The maximum atomic E-state index is 10.8. The fourth-order valence-electron chi connectivity index (χ4n) is 1.36. The van der Waals surface area contributed by atoms with Crippen molar-refractivity contribution >= 4 is 42.9 Å². The summed E-state index contributed by atoms with van der Waals surface area (Å²) >= 11 is 4.33. The number of hydrogen-bond donors (Lipinski definition) is 1. The molecule has 88 valence electrons. The summed E-state index contributed by atoms with van der Waals surface area (Å²) in [6.07, 6.45) is 1.54. The van der Waals surface area contributed by atoms with E-state index in [2.05, 4.69) is 26.0 Å². The van der Waals surface area contributed by atoms with Crippen molar-refractivity contribution in [2.75, 3.05) is 0 Å². The molecule has 0 saturated heterocycles. The van der Waals surface area contributed by atoms with E-state index >= 15 is 0 Å². The van der Waals surface area contributed by atoms with Crippen LogP contribution >= 0.6 is 27.3 Å². The Morgan fingerprint density at radius 3 is 2.88 bits per heavy atom. The molecular formula is C8H4BrN3O3S2. The lowest BCUT2D eigenvalue weighted by molar-refractivity contribution is 0.580. The van der Waals surface area contributed by atoms with E-state index in [-0.39, 0.29) is 4.34 Å². The Morgan fingerprint density at radius 2 is 2.29 bits per heavy atom. The fraction of sp³-hybridized carbons (Fsp3) is 0. The standard InChI is InChI=1S/C8H4BrN3O3S2/c9-6-5(4-2-1-3-15-4)10-7-12(6)11-8(16-7)17(13)14/h1-3,17H. The highest BCUT2D eigenvalue weighted by molar-refractivity contribution is 9.10. The van der Waals surface area contributed by atoms with Crippen molar-refractivity contribution in [2.24, 2.45) is 0 Å². The zero-order valence-corrected chi connectivity index (χ0v) is 11.3. The van der Waals surface area contributed by atoms with E-state index in [1.54, 1.807) is 18.4 Å². The lowest BCUT2D eigenvalue weighted by Gasteiger charge is -1.90.